The minimum Gasteiger partial charge on any atom is -0.389 e. The predicted octanol–water partition coefficient (Wildman–Crippen LogP) is 1.84. The van der Waals surface area contributed by atoms with Crippen LogP contribution < -0.4 is 0 Å². The van der Waals surface area contributed by atoms with Crippen LogP contribution in [0.15, 0.2) is 0 Å². The first-order chi connectivity index (χ1) is 6.97. The largest absolute Gasteiger partial charge is 0.389 e. The number of aliphatic hydroxyl groups is 1. The highest BCUT2D eigenvalue weighted by atomic mass is 16.3. The van der Waals surface area contributed by atoms with Crippen molar-refractivity contribution in [1.82, 2.24) is 9.55 Å². The number of aromatic nitrogens is 2. The van der Waals surface area contributed by atoms with Gasteiger partial charge in [0.2, 0.25) is 0 Å². The summed E-state index contributed by atoms with van der Waals surface area (Å²) in [5.74, 6) is 1.05. The third-order valence-corrected chi connectivity index (χ3v) is 2.97. The van der Waals surface area contributed by atoms with Crippen molar-refractivity contribution in [3.63, 3.8) is 0 Å². The maximum atomic E-state index is 9.87. The Morgan fingerprint density at radius 2 is 2.00 bits per heavy atom. The molecule has 0 saturated carbocycles. The van der Waals surface area contributed by atoms with Gasteiger partial charge in [-0.25, -0.2) is 4.98 Å². The highest BCUT2D eigenvalue weighted by Gasteiger charge is 2.22. The van der Waals surface area contributed by atoms with Crippen LogP contribution >= 0.6 is 0 Å². The van der Waals surface area contributed by atoms with Gasteiger partial charge in [0.1, 0.15) is 5.82 Å². The third-order valence-electron chi connectivity index (χ3n) is 2.97. The van der Waals surface area contributed by atoms with Crippen molar-refractivity contribution in [2.24, 2.45) is 0 Å². The molecule has 1 N–H and O–H groups in total. The van der Waals surface area contributed by atoms with E-state index in [1.165, 1.54) is 24.2 Å². The van der Waals surface area contributed by atoms with Crippen molar-refractivity contribution in [2.75, 3.05) is 0 Å². The summed E-state index contributed by atoms with van der Waals surface area (Å²) in [6.07, 6.45) is 4.73. The van der Waals surface area contributed by atoms with E-state index in [0.29, 0.717) is 6.54 Å². The molecule has 0 spiro atoms. The lowest BCUT2D eigenvalue weighted by molar-refractivity contribution is 0.0599. The van der Waals surface area contributed by atoms with Gasteiger partial charge in [0.15, 0.2) is 0 Å². The van der Waals surface area contributed by atoms with Gasteiger partial charge in [0.05, 0.1) is 17.8 Å². The molecule has 0 radical (unpaired) electrons. The highest BCUT2D eigenvalue weighted by molar-refractivity contribution is 5.20. The van der Waals surface area contributed by atoms with Gasteiger partial charge in [-0.05, 0) is 46.5 Å². The fourth-order valence-corrected chi connectivity index (χ4v) is 2.33. The number of rotatable bonds is 2. The molecule has 1 aromatic rings. The van der Waals surface area contributed by atoms with Gasteiger partial charge in [0, 0.05) is 5.69 Å². The smallest absolute Gasteiger partial charge is 0.106 e. The van der Waals surface area contributed by atoms with E-state index in [-0.39, 0.29) is 0 Å². The summed E-state index contributed by atoms with van der Waals surface area (Å²) in [5.41, 5.74) is 1.94. The zero-order chi connectivity index (χ0) is 11.1. The van der Waals surface area contributed by atoms with E-state index >= 15 is 0 Å². The van der Waals surface area contributed by atoms with E-state index in [0.717, 1.165) is 18.7 Å². The molecule has 0 aliphatic heterocycles. The minimum absolute atomic E-state index is 0.654. The Balaban J connectivity index is 2.34. The third kappa shape index (κ3) is 2.23. The molecule has 15 heavy (non-hydrogen) atoms. The van der Waals surface area contributed by atoms with E-state index in [1.54, 1.807) is 0 Å². The van der Waals surface area contributed by atoms with E-state index in [1.807, 2.05) is 20.8 Å². The van der Waals surface area contributed by atoms with Gasteiger partial charge >= 0.3 is 0 Å². The molecule has 1 aliphatic carbocycles. The Morgan fingerprint density at radius 3 is 2.67 bits per heavy atom. The topological polar surface area (TPSA) is 38.0 Å². The Labute approximate surface area is 91.1 Å². The first-order valence-corrected chi connectivity index (χ1v) is 5.74. The standard InChI is InChI=1S/C12H20N2O/c1-9-13-10-6-4-5-7-11(10)14(9)8-12(2,3)15/h15H,4-8H2,1-3H3. The number of hydrogen-bond donors (Lipinski definition) is 1. The van der Waals surface area contributed by atoms with Gasteiger partial charge < -0.3 is 9.67 Å². The monoisotopic (exact) mass is 208 g/mol. The number of aryl methyl sites for hydroxylation is 2. The molecule has 0 fully saturated rings. The van der Waals surface area contributed by atoms with Crippen LogP contribution in [0.1, 0.15) is 43.9 Å². The van der Waals surface area contributed by atoms with Gasteiger partial charge in [-0.1, -0.05) is 0 Å². The molecule has 2 rings (SSSR count). The Hall–Kier alpha value is -0.830. The van der Waals surface area contributed by atoms with Crippen LogP contribution in [0.25, 0.3) is 0 Å². The van der Waals surface area contributed by atoms with Crippen LogP contribution in [-0.2, 0) is 19.4 Å². The van der Waals surface area contributed by atoms with E-state index < -0.39 is 5.60 Å². The molecule has 84 valence electrons. The van der Waals surface area contributed by atoms with Crippen molar-refractivity contribution >= 4 is 0 Å². The Bertz CT molecular complexity index is 360. The Morgan fingerprint density at radius 1 is 1.33 bits per heavy atom. The summed E-state index contributed by atoms with van der Waals surface area (Å²) in [5, 5.41) is 9.87. The average Bonchev–Trinajstić information content (AvgIpc) is 2.41. The van der Waals surface area contributed by atoms with Crippen LogP contribution in [0.2, 0.25) is 0 Å². The van der Waals surface area contributed by atoms with Crippen LogP contribution in [-0.4, -0.2) is 20.3 Å². The fourth-order valence-electron chi connectivity index (χ4n) is 2.33. The SMILES string of the molecule is Cc1nc2c(n1CC(C)(C)O)CCCC2. The van der Waals surface area contributed by atoms with E-state index in [9.17, 15) is 5.11 Å². The summed E-state index contributed by atoms with van der Waals surface area (Å²) in [4.78, 5) is 4.59. The highest BCUT2D eigenvalue weighted by Crippen LogP contribution is 2.23. The molecular formula is C12H20N2O. The van der Waals surface area contributed by atoms with Crippen LogP contribution in [0, 0.1) is 6.92 Å². The quantitative estimate of drug-likeness (QED) is 0.805. The summed E-state index contributed by atoms with van der Waals surface area (Å²) < 4.78 is 2.19. The summed E-state index contributed by atoms with van der Waals surface area (Å²) >= 11 is 0. The van der Waals surface area contributed by atoms with Crippen molar-refractivity contribution < 1.29 is 5.11 Å². The molecule has 0 amide bonds. The van der Waals surface area contributed by atoms with Crippen LogP contribution in [0.4, 0.5) is 0 Å². The average molecular weight is 208 g/mol. The van der Waals surface area contributed by atoms with Gasteiger partial charge in [-0.3, -0.25) is 0 Å². The normalized spacial score (nSPS) is 16.5. The van der Waals surface area contributed by atoms with Gasteiger partial charge in [0.25, 0.3) is 0 Å². The number of imidazole rings is 1. The lowest BCUT2D eigenvalue weighted by atomic mass is 10.0. The maximum Gasteiger partial charge on any atom is 0.106 e. The van der Waals surface area contributed by atoms with Crippen molar-refractivity contribution in [3.05, 3.63) is 17.2 Å². The summed E-state index contributed by atoms with van der Waals surface area (Å²) in [6.45, 7) is 6.38. The number of fused-ring (bicyclic) bond motifs is 1. The van der Waals surface area contributed by atoms with Crippen molar-refractivity contribution in [1.29, 1.82) is 0 Å². The van der Waals surface area contributed by atoms with E-state index in [4.69, 9.17) is 0 Å². The van der Waals surface area contributed by atoms with Crippen LogP contribution in [0.3, 0.4) is 0 Å². The molecule has 0 saturated heterocycles. The molecule has 1 heterocycles. The molecule has 0 unspecified atom stereocenters. The minimum atomic E-state index is -0.656. The second kappa shape index (κ2) is 3.63. The predicted molar refractivity (Wildman–Crippen MR) is 59.9 cm³/mol. The molecule has 3 nitrogen and oxygen atoms in total. The number of hydrogen-bond acceptors (Lipinski definition) is 2. The zero-order valence-electron chi connectivity index (χ0n) is 9.88. The lowest BCUT2D eigenvalue weighted by Crippen LogP contribution is -2.28. The zero-order valence-corrected chi connectivity index (χ0v) is 9.88. The van der Waals surface area contributed by atoms with E-state index in [2.05, 4.69) is 9.55 Å². The van der Waals surface area contributed by atoms with Crippen molar-refractivity contribution in [3.8, 4) is 0 Å². The Kier molecular flexibility index (Phi) is 2.59. The molecule has 3 heteroatoms. The first-order valence-electron chi connectivity index (χ1n) is 5.74. The molecule has 1 aliphatic rings. The van der Waals surface area contributed by atoms with Crippen molar-refractivity contribution in [2.45, 2.75) is 58.6 Å². The molecular weight excluding hydrogens is 188 g/mol. The second-order valence-electron chi connectivity index (χ2n) is 5.16. The summed E-state index contributed by atoms with van der Waals surface area (Å²) in [6, 6.07) is 0. The van der Waals surface area contributed by atoms with Gasteiger partial charge in [-0.2, -0.15) is 0 Å². The second-order valence-corrected chi connectivity index (χ2v) is 5.16. The molecule has 1 aromatic heterocycles. The van der Waals surface area contributed by atoms with Gasteiger partial charge in [-0.15, -0.1) is 0 Å². The molecule has 0 atom stereocenters. The fraction of sp³-hybridized carbons (Fsp3) is 0.750. The summed E-state index contributed by atoms with van der Waals surface area (Å²) in [7, 11) is 0. The lowest BCUT2D eigenvalue weighted by Gasteiger charge is -2.22. The molecule has 0 bridgehead atoms. The molecule has 0 aromatic carbocycles. The first kappa shape index (κ1) is 10.7. The number of nitrogens with zero attached hydrogens (tertiary/aromatic N) is 2. The van der Waals surface area contributed by atoms with Crippen LogP contribution in [0.5, 0.6) is 0 Å². The maximum absolute atomic E-state index is 9.87.